The maximum Gasteiger partial charge on any atom is 0.118 e. The molecule has 0 radical (unpaired) electrons. The zero-order chi connectivity index (χ0) is 16.4. The van der Waals surface area contributed by atoms with Crippen LogP contribution in [0.25, 0.3) is 5.57 Å². The maximum atomic E-state index is 5.14. The number of benzene rings is 2. The Bertz CT molecular complexity index is 513. The fourth-order valence-corrected chi connectivity index (χ4v) is 1.75. The van der Waals surface area contributed by atoms with Gasteiger partial charge in [0.15, 0.2) is 0 Å². The van der Waals surface area contributed by atoms with Crippen molar-refractivity contribution in [2.45, 2.75) is 0 Å². The topological polar surface area (TPSA) is 44.5 Å². The van der Waals surface area contributed by atoms with E-state index in [0.29, 0.717) is 6.54 Å². The van der Waals surface area contributed by atoms with Crippen molar-refractivity contribution in [2.75, 3.05) is 26.5 Å². The Labute approximate surface area is 138 Å². The predicted molar refractivity (Wildman–Crippen MR) is 97.0 cm³/mol. The molecule has 22 heavy (non-hydrogen) atoms. The van der Waals surface area contributed by atoms with Crippen LogP contribution in [0.2, 0.25) is 0 Å². The molecule has 0 bridgehead atoms. The Morgan fingerprint density at radius 3 is 1.45 bits per heavy atom. The van der Waals surface area contributed by atoms with Gasteiger partial charge in [-0.25, -0.2) is 0 Å². The third-order valence-electron chi connectivity index (χ3n) is 3.01. The van der Waals surface area contributed by atoms with Crippen molar-refractivity contribution in [3.63, 3.8) is 0 Å². The number of nitrogens with two attached hydrogens (primary N) is 1. The van der Waals surface area contributed by atoms with Crippen molar-refractivity contribution in [3.8, 4) is 11.5 Å². The molecular weight excluding hydrogens is 294 g/mol. The quantitative estimate of drug-likeness (QED) is 0.828. The molecule has 0 unspecified atom stereocenters. The summed E-state index contributed by atoms with van der Waals surface area (Å²) < 4.78 is 10.3. The molecule has 0 aliphatic heterocycles. The summed E-state index contributed by atoms with van der Waals surface area (Å²) in [5.74, 6) is 2.49. The largest absolute Gasteiger partial charge is 0.497 e. The molecule has 0 aromatic heterocycles. The Morgan fingerprint density at radius 1 is 0.909 bits per heavy atom. The van der Waals surface area contributed by atoms with E-state index in [9.17, 15) is 0 Å². The highest BCUT2D eigenvalue weighted by Gasteiger charge is 2.03. The van der Waals surface area contributed by atoms with Crippen LogP contribution in [0, 0.1) is 0 Å². The van der Waals surface area contributed by atoms with Gasteiger partial charge in [-0.1, -0.05) is 30.8 Å². The van der Waals surface area contributed by atoms with Gasteiger partial charge in [-0.2, -0.15) is 12.6 Å². The van der Waals surface area contributed by atoms with Gasteiger partial charge in [0.05, 0.1) is 14.2 Å². The molecule has 0 aliphatic carbocycles. The SMILES string of the molecule is C=C(c1ccc(OC)cc1)c1ccc(OC)cc1.NCCS. The summed E-state index contributed by atoms with van der Waals surface area (Å²) in [6.45, 7) is 4.81. The minimum Gasteiger partial charge on any atom is -0.497 e. The molecule has 2 rings (SSSR count). The van der Waals surface area contributed by atoms with Crippen LogP contribution < -0.4 is 15.2 Å². The van der Waals surface area contributed by atoms with Gasteiger partial charge in [0, 0.05) is 12.3 Å². The summed E-state index contributed by atoms with van der Waals surface area (Å²) >= 11 is 3.80. The van der Waals surface area contributed by atoms with Crippen LogP contribution >= 0.6 is 12.6 Å². The molecule has 4 heteroatoms. The van der Waals surface area contributed by atoms with E-state index in [-0.39, 0.29) is 0 Å². The lowest BCUT2D eigenvalue weighted by molar-refractivity contribution is 0.414. The summed E-state index contributed by atoms with van der Waals surface area (Å²) in [5, 5.41) is 0. The third kappa shape index (κ3) is 5.47. The van der Waals surface area contributed by atoms with Gasteiger partial charge in [-0.3, -0.25) is 0 Å². The second kappa shape index (κ2) is 9.92. The lowest BCUT2D eigenvalue weighted by atomic mass is 9.99. The van der Waals surface area contributed by atoms with Crippen molar-refractivity contribution in [2.24, 2.45) is 5.73 Å². The van der Waals surface area contributed by atoms with Crippen LogP contribution in [0.1, 0.15) is 11.1 Å². The minimum atomic E-state index is 0.684. The van der Waals surface area contributed by atoms with Crippen molar-refractivity contribution < 1.29 is 9.47 Å². The summed E-state index contributed by atoms with van der Waals surface area (Å²) in [5.41, 5.74) is 8.11. The smallest absolute Gasteiger partial charge is 0.118 e. The maximum absolute atomic E-state index is 5.14. The molecule has 0 amide bonds. The van der Waals surface area contributed by atoms with Crippen LogP contribution in [0.4, 0.5) is 0 Å². The average molecular weight is 317 g/mol. The Hall–Kier alpha value is -1.91. The van der Waals surface area contributed by atoms with Crippen molar-refractivity contribution in [1.29, 1.82) is 0 Å². The van der Waals surface area contributed by atoms with Gasteiger partial charge in [-0.15, -0.1) is 0 Å². The van der Waals surface area contributed by atoms with E-state index in [1.54, 1.807) is 14.2 Å². The molecule has 118 valence electrons. The number of hydrogen-bond donors (Lipinski definition) is 2. The van der Waals surface area contributed by atoms with Gasteiger partial charge in [0.1, 0.15) is 11.5 Å². The van der Waals surface area contributed by atoms with Crippen LogP contribution in [0.5, 0.6) is 11.5 Å². The van der Waals surface area contributed by atoms with Crippen LogP contribution in [-0.4, -0.2) is 26.5 Å². The Kier molecular flexibility index (Phi) is 8.18. The van der Waals surface area contributed by atoms with Crippen LogP contribution in [0.15, 0.2) is 55.1 Å². The summed E-state index contributed by atoms with van der Waals surface area (Å²) in [6, 6.07) is 15.8. The van der Waals surface area contributed by atoms with Gasteiger partial charge in [0.2, 0.25) is 0 Å². The molecule has 2 aromatic carbocycles. The van der Waals surface area contributed by atoms with E-state index in [2.05, 4.69) is 19.2 Å². The second-order valence-electron chi connectivity index (χ2n) is 4.45. The molecule has 0 saturated heterocycles. The van der Waals surface area contributed by atoms with Crippen molar-refractivity contribution in [3.05, 3.63) is 66.2 Å². The molecule has 0 fully saturated rings. The van der Waals surface area contributed by atoms with Crippen LogP contribution in [-0.2, 0) is 0 Å². The first-order valence-corrected chi connectivity index (χ1v) is 7.58. The number of rotatable bonds is 5. The zero-order valence-electron chi connectivity index (χ0n) is 13.1. The Balaban J connectivity index is 0.000000541. The van der Waals surface area contributed by atoms with E-state index >= 15 is 0 Å². The minimum absolute atomic E-state index is 0.684. The molecule has 3 nitrogen and oxygen atoms in total. The first kappa shape index (κ1) is 18.1. The average Bonchev–Trinajstić information content (AvgIpc) is 2.61. The molecule has 0 spiro atoms. The first-order chi connectivity index (χ1) is 10.7. The van der Waals surface area contributed by atoms with E-state index in [1.165, 1.54) is 0 Å². The summed E-state index contributed by atoms with van der Waals surface area (Å²) in [4.78, 5) is 0. The van der Waals surface area contributed by atoms with Gasteiger partial charge in [-0.05, 0) is 41.0 Å². The van der Waals surface area contributed by atoms with E-state index < -0.39 is 0 Å². The molecule has 0 saturated carbocycles. The molecule has 0 aliphatic rings. The monoisotopic (exact) mass is 317 g/mol. The highest BCUT2D eigenvalue weighted by atomic mass is 32.1. The first-order valence-electron chi connectivity index (χ1n) is 6.95. The lowest BCUT2D eigenvalue weighted by Gasteiger charge is -2.08. The van der Waals surface area contributed by atoms with Crippen molar-refractivity contribution >= 4 is 18.2 Å². The number of thiol groups is 1. The molecule has 0 heterocycles. The van der Waals surface area contributed by atoms with E-state index in [0.717, 1.165) is 34.0 Å². The standard InChI is InChI=1S/C16H16O2.C2H7NS/c1-12(13-4-8-15(17-2)9-5-13)14-6-10-16(18-3)11-7-14;3-1-2-4/h4-11H,1H2,2-3H3;4H,1-3H2. The number of methoxy groups -OCH3 is 2. The fourth-order valence-electron chi connectivity index (χ4n) is 1.75. The highest BCUT2D eigenvalue weighted by Crippen LogP contribution is 2.25. The lowest BCUT2D eigenvalue weighted by Crippen LogP contribution is -1.97. The second-order valence-corrected chi connectivity index (χ2v) is 4.90. The van der Waals surface area contributed by atoms with Gasteiger partial charge >= 0.3 is 0 Å². The van der Waals surface area contributed by atoms with Crippen molar-refractivity contribution in [1.82, 2.24) is 0 Å². The summed E-state index contributed by atoms with van der Waals surface area (Å²) in [7, 11) is 3.32. The molecular formula is C18H23NO2S. The normalized spacial score (nSPS) is 9.45. The van der Waals surface area contributed by atoms with E-state index in [4.69, 9.17) is 15.2 Å². The predicted octanol–water partition coefficient (Wildman–Crippen LogP) is 3.64. The number of ether oxygens (including phenoxy) is 2. The van der Waals surface area contributed by atoms with Gasteiger partial charge in [0.25, 0.3) is 0 Å². The van der Waals surface area contributed by atoms with Crippen LogP contribution in [0.3, 0.4) is 0 Å². The van der Waals surface area contributed by atoms with E-state index in [1.807, 2.05) is 48.5 Å². The molecule has 0 atom stereocenters. The summed E-state index contributed by atoms with van der Waals surface area (Å²) in [6.07, 6.45) is 0. The zero-order valence-corrected chi connectivity index (χ0v) is 14.0. The Morgan fingerprint density at radius 2 is 1.23 bits per heavy atom. The molecule has 2 aromatic rings. The highest BCUT2D eigenvalue weighted by molar-refractivity contribution is 7.80. The molecule has 2 N–H and O–H groups in total. The fraction of sp³-hybridized carbons (Fsp3) is 0.222. The van der Waals surface area contributed by atoms with Gasteiger partial charge < -0.3 is 15.2 Å². The number of hydrogen-bond acceptors (Lipinski definition) is 4. The third-order valence-corrected chi connectivity index (χ3v) is 3.26.